The van der Waals surface area contributed by atoms with Gasteiger partial charge >= 0.3 is 56.9 Å². The Morgan fingerprint density at radius 2 is 0.519 bits per heavy atom. The van der Waals surface area contributed by atoms with Gasteiger partial charge in [0.05, 0.1) is 0 Å². The fourth-order valence-corrected chi connectivity index (χ4v) is 7.70. The van der Waals surface area contributed by atoms with Gasteiger partial charge in [0.1, 0.15) is 0 Å². The van der Waals surface area contributed by atoms with Gasteiger partial charge in [-0.15, -0.1) is 164 Å². The van der Waals surface area contributed by atoms with Crippen molar-refractivity contribution in [1.29, 1.82) is 0 Å². The first-order chi connectivity index (χ1) is 25.8. The van der Waals surface area contributed by atoms with E-state index in [9.17, 15) is 0 Å². The van der Waals surface area contributed by atoms with Gasteiger partial charge in [-0.2, -0.15) is 22.3 Å². The average molecular weight is 902 g/mol. The number of halogens is 2. The second kappa shape index (κ2) is 20.5. The number of hydrogen-bond acceptors (Lipinski definition) is 0. The van der Waals surface area contributed by atoms with E-state index < -0.39 is 0 Å². The molecule has 4 fully saturated rings. The van der Waals surface area contributed by atoms with Crippen LogP contribution in [-0.2, 0) is 48.5 Å². The molecule has 4 aliphatic rings. The van der Waals surface area contributed by atoms with Crippen molar-refractivity contribution in [3.8, 4) is 0 Å². The molecule has 8 aromatic rings. The summed E-state index contributed by atoms with van der Waals surface area (Å²) in [5, 5.41) is 11.5. The van der Waals surface area contributed by atoms with Crippen LogP contribution in [0.4, 0.5) is 0 Å². The predicted octanol–water partition coefficient (Wildman–Crippen LogP) is 7.68. The second-order valence-electron chi connectivity index (χ2n) is 14.6. The summed E-state index contributed by atoms with van der Waals surface area (Å²) in [6.45, 7) is 0. The molecular weight excluding hydrogens is 854 g/mol. The molecule has 4 heteroatoms. The molecule has 0 aliphatic heterocycles. The van der Waals surface area contributed by atoms with Crippen molar-refractivity contribution in [2.45, 2.75) is 75.0 Å². The zero-order valence-corrected chi connectivity index (χ0v) is 37.4. The van der Waals surface area contributed by atoms with Crippen molar-refractivity contribution in [1.82, 2.24) is 0 Å². The summed E-state index contributed by atoms with van der Waals surface area (Å²) >= 11 is 2.60. The maximum atomic E-state index is 3.34. The minimum atomic E-state index is 0. The molecule has 0 nitrogen and oxygen atoms in total. The van der Waals surface area contributed by atoms with E-state index in [0.29, 0.717) is 0 Å². The first kappa shape index (κ1) is 42.5. The molecule has 0 atom stereocenters. The van der Waals surface area contributed by atoms with E-state index in [-0.39, 0.29) is 24.8 Å². The number of fused-ring (bicyclic) bond motifs is 4. The van der Waals surface area contributed by atoms with E-state index in [0.717, 1.165) is 23.7 Å². The van der Waals surface area contributed by atoms with Crippen LogP contribution in [0, 0.1) is 0 Å². The van der Waals surface area contributed by atoms with Crippen molar-refractivity contribution in [2.24, 2.45) is 0 Å². The van der Waals surface area contributed by atoms with E-state index in [2.05, 4.69) is 154 Å². The Labute approximate surface area is 364 Å². The minimum Gasteiger partial charge on any atom is -1.00 e. The average Bonchev–Trinajstić information content (AvgIpc) is 4.06. The van der Waals surface area contributed by atoms with Crippen LogP contribution < -0.4 is 24.8 Å². The third kappa shape index (κ3) is 10.4. The standard InChI is InChI=1S/4C12H11.2CH2.2ClH.2Zr/c4*1-2-4-11-9(3-1)7-8-12(11)10-5-6-10;;;;;;/h4*1-4,7-8,10H,5-6H2;2*1H2;2*1H;;/q4*-1;;;;;2*+2/p-2. The van der Waals surface area contributed by atoms with Crippen LogP contribution in [0.5, 0.6) is 0 Å². The summed E-state index contributed by atoms with van der Waals surface area (Å²) in [5.41, 5.74) is 6.30. The van der Waals surface area contributed by atoms with Gasteiger partial charge in [0, 0.05) is 0 Å². The third-order valence-corrected chi connectivity index (χ3v) is 10.9. The number of hydrogen-bond donors (Lipinski definition) is 0. The number of benzene rings is 4. The van der Waals surface area contributed by atoms with E-state index in [1.165, 1.54) is 143 Å². The normalized spacial score (nSPS) is 15.3. The Morgan fingerprint density at radius 3 is 0.704 bits per heavy atom. The number of rotatable bonds is 4. The van der Waals surface area contributed by atoms with Gasteiger partial charge in [-0.05, 0) is 0 Å². The Morgan fingerprint density at radius 1 is 0.333 bits per heavy atom. The van der Waals surface area contributed by atoms with Gasteiger partial charge in [0.2, 0.25) is 0 Å². The minimum absolute atomic E-state index is 0. The Hall–Kier alpha value is -2.59. The molecule has 0 radical (unpaired) electrons. The van der Waals surface area contributed by atoms with Gasteiger partial charge in [-0.25, -0.2) is 0 Å². The molecule has 0 amide bonds. The van der Waals surface area contributed by atoms with Crippen molar-refractivity contribution in [3.05, 3.63) is 168 Å². The van der Waals surface area contributed by atoms with Gasteiger partial charge in [-0.3, -0.25) is 0 Å². The van der Waals surface area contributed by atoms with Crippen molar-refractivity contribution < 1.29 is 73.3 Å². The maximum Gasteiger partial charge on any atom is -0.0553 e. The first-order valence-electron chi connectivity index (χ1n) is 19.1. The molecule has 0 heterocycles. The Bertz CT molecular complexity index is 2000. The summed E-state index contributed by atoms with van der Waals surface area (Å²) in [7, 11) is 0. The van der Waals surface area contributed by atoms with E-state index in [1.54, 1.807) is 22.3 Å². The largest absolute Gasteiger partial charge is 1.00 e. The molecule has 8 aromatic carbocycles. The first-order valence-corrected chi connectivity index (χ1v) is 22.6. The van der Waals surface area contributed by atoms with E-state index in [4.69, 9.17) is 0 Å². The Kier molecular flexibility index (Phi) is 16.2. The van der Waals surface area contributed by atoms with Gasteiger partial charge in [0.25, 0.3) is 0 Å². The summed E-state index contributed by atoms with van der Waals surface area (Å²) in [4.78, 5) is 0. The molecule has 4 aliphatic carbocycles. The molecule has 0 N–H and O–H groups in total. The predicted molar refractivity (Wildman–Crippen MR) is 220 cm³/mol. The summed E-state index contributed by atoms with van der Waals surface area (Å²) in [6, 6.07) is 52.8. The molecule has 0 aromatic heterocycles. The molecule has 0 saturated heterocycles. The van der Waals surface area contributed by atoms with Crippen molar-refractivity contribution in [3.63, 3.8) is 0 Å². The van der Waals surface area contributed by atoms with Crippen LogP contribution in [0.3, 0.4) is 0 Å². The fraction of sp³-hybridized carbons (Fsp3) is 0.240. The third-order valence-electron chi connectivity index (χ3n) is 10.9. The van der Waals surface area contributed by atoms with Crippen LogP contribution in [0.2, 0.25) is 0 Å². The second-order valence-corrected chi connectivity index (χ2v) is 14.6. The molecule has 0 unspecified atom stereocenters. The quantitative estimate of drug-likeness (QED) is 0.159. The van der Waals surface area contributed by atoms with Crippen LogP contribution in [-0.4, -0.2) is 8.42 Å². The van der Waals surface area contributed by atoms with Crippen molar-refractivity contribution >= 4 is 51.5 Å². The molecular formula is C50H48Cl2Zr2-2. The zero-order valence-electron chi connectivity index (χ0n) is 31.0. The molecule has 54 heavy (non-hydrogen) atoms. The Balaban J connectivity index is 0.000000133. The monoisotopic (exact) mass is 898 g/mol. The van der Waals surface area contributed by atoms with Crippen LogP contribution in [0.1, 0.15) is 97.3 Å². The van der Waals surface area contributed by atoms with E-state index in [1.807, 2.05) is 0 Å². The van der Waals surface area contributed by atoms with Gasteiger partial charge in [0.15, 0.2) is 0 Å². The van der Waals surface area contributed by atoms with Gasteiger partial charge < -0.3 is 24.8 Å². The molecule has 272 valence electrons. The molecule has 4 saturated carbocycles. The molecule has 12 rings (SSSR count). The zero-order chi connectivity index (χ0) is 35.9. The van der Waals surface area contributed by atoms with Crippen molar-refractivity contribution in [2.75, 3.05) is 0 Å². The van der Waals surface area contributed by atoms with Crippen LogP contribution >= 0.6 is 0 Å². The smallest absolute Gasteiger partial charge is 0.0553 e. The molecule has 0 spiro atoms. The fourth-order valence-electron chi connectivity index (χ4n) is 7.70. The van der Waals surface area contributed by atoms with Crippen LogP contribution in [0.15, 0.2) is 146 Å². The SMILES string of the molecule is [CH2]=[Zr+2].[CH2]=[Zr+2].[Cl-].[Cl-].c1ccc2c(C3CC3)c[cH-]c2c1.c1ccc2c(C3CC3)c[cH-]c2c1.c1ccc2c(C3CC3)c[cH-]c2c1.c1ccc2c(C3CC3)c[cH-]c2c1. The summed E-state index contributed by atoms with van der Waals surface area (Å²) in [6.07, 6.45) is 11.2. The van der Waals surface area contributed by atoms with Crippen LogP contribution in [0.25, 0.3) is 43.1 Å². The summed E-state index contributed by atoms with van der Waals surface area (Å²) in [5.74, 6) is 3.52. The topological polar surface area (TPSA) is 0 Å². The van der Waals surface area contributed by atoms with E-state index >= 15 is 0 Å². The maximum absolute atomic E-state index is 3.34. The van der Waals surface area contributed by atoms with Gasteiger partial charge in [-0.1, -0.05) is 99.3 Å². The molecule has 0 bridgehead atoms. The summed E-state index contributed by atoms with van der Waals surface area (Å²) < 4.78 is 6.68.